The topological polar surface area (TPSA) is 29.1 Å². The van der Waals surface area contributed by atoms with Crippen molar-refractivity contribution in [1.82, 2.24) is 5.32 Å². The molecule has 0 radical (unpaired) electrons. The summed E-state index contributed by atoms with van der Waals surface area (Å²) in [5, 5.41) is 2.13. The number of hydrogen-bond acceptors (Lipinski definition) is 2. The van der Waals surface area contributed by atoms with Gasteiger partial charge in [0.2, 0.25) is 5.91 Å². The molecule has 1 amide bonds. The van der Waals surface area contributed by atoms with Crippen molar-refractivity contribution in [3.05, 3.63) is 33.8 Å². The third-order valence-electron chi connectivity index (χ3n) is 2.37. The Kier molecular flexibility index (Phi) is 6.48. The van der Waals surface area contributed by atoms with Crippen LogP contribution in [0.3, 0.4) is 0 Å². The first-order chi connectivity index (χ1) is 9.20. The molecule has 1 aromatic carbocycles. The van der Waals surface area contributed by atoms with Crippen molar-refractivity contribution >= 4 is 40.9 Å². The van der Waals surface area contributed by atoms with Crippen LogP contribution in [0.1, 0.15) is 12.5 Å². The lowest BCUT2D eigenvalue weighted by molar-refractivity contribution is -0.137. The highest BCUT2D eigenvalue weighted by Crippen LogP contribution is 2.29. The average molecular weight is 346 g/mol. The Morgan fingerprint density at radius 2 is 1.90 bits per heavy atom. The minimum Gasteiger partial charge on any atom is -0.346 e. The van der Waals surface area contributed by atoms with Crippen molar-refractivity contribution < 1.29 is 18.0 Å². The molecule has 0 spiro atoms. The molecule has 112 valence electrons. The van der Waals surface area contributed by atoms with E-state index >= 15 is 0 Å². The smallest absolute Gasteiger partial charge is 0.346 e. The van der Waals surface area contributed by atoms with E-state index in [9.17, 15) is 18.0 Å². The van der Waals surface area contributed by atoms with Crippen molar-refractivity contribution in [2.24, 2.45) is 0 Å². The van der Waals surface area contributed by atoms with Gasteiger partial charge in [0.15, 0.2) is 0 Å². The zero-order valence-electron chi connectivity index (χ0n) is 10.4. The van der Waals surface area contributed by atoms with Crippen molar-refractivity contribution in [3.8, 4) is 0 Å². The van der Waals surface area contributed by atoms with Crippen molar-refractivity contribution in [1.29, 1.82) is 0 Å². The maximum absolute atomic E-state index is 12.0. The summed E-state index contributed by atoms with van der Waals surface area (Å²) in [6.07, 6.45) is -4.41. The van der Waals surface area contributed by atoms with Gasteiger partial charge in [-0.15, -0.1) is 11.8 Å². The molecule has 0 aromatic heterocycles. The Balaban J connectivity index is 2.51. The molecule has 8 heteroatoms. The first-order valence-corrected chi connectivity index (χ1v) is 7.40. The number of amides is 1. The second-order valence-electron chi connectivity index (χ2n) is 3.99. The van der Waals surface area contributed by atoms with Crippen molar-refractivity contribution in [2.45, 2.75) is 24.1 Å². The number of alkyl halides is 3. The lowest BCUT2D eigenvalue weighted by atomic mass is 10.2. The maximum atomic E-state index is 12.0. The second-order valence-corrected chi connectivity index (χ2v) is 6.13. The van der Waals surface area contributed by atoms with E-state index in [1.807, 2.05) is 5.32 Å². The molecule has 0 aliphatic heterocycles. The molecule has 1 unspecified atom stereocenters. The zero-order valence-corrected chi connectivity index (χ0v) is 12.8. The average Bonchev–Trinajstić information content (AvgIpc) is 2.34. The van der Waals surface area contributed by atoms with Gasteiger partial charge >= 0.3 is 6.18 Å². The summed E-state index contributed by atoms with van der Waals surface area (Å²) in [5.41, 5.74) is 0.663. The number of benzene rings is 1. The van der Waals surface area contributed by atoms with E-state index in [-0.39, 0.29) is 0 Å². The van der Waals surface area contributed by atoms with Gasteiger partial charge in [-0.1, -0.05) is 29.3 Å². The summed E-state index contributed by atoms with van der Waals surface area (Å²) in [7, 11) is 0. The van der Waals surface area contributed by atoms with Gasteiger partial charge in [0.25, 0.3) is 0 Å². The van der Waals surface area contributed by atoms with E-state index in [2.05, 4.69) is 0 Å². The first-order valence-electron chi connectivity index (χ1n) is 5.59. The minimum absolute atomic E-state index is 0.346. The molecule has 1 N–H and O–H groups in total. The predicted molar refractivity (Wildman–Crippen MR) is 76.3 cm³/mol. The number of nitrogens with one attached hydrogen (secondary N) is 1. The van der Waals surface area contributed by atoms with Gasteiger partial charge in [0.1, 0.15) is 6.54 Å². The van der Waals surface area contributed by atoms with E-state index in [0.717, 1.165) is 0 Å². The summed E-state index contributed by atoms with van der Waals surface area (Å²) in [6.45, 7) is 0.199. The number of rotatable bonds is 5. The largest absolute Gasteiger partial charge is 0.405 e. The molecule has 20 heavy (non-hydrogen) atoms. The summed E-state index contributed by atoms with van der Waals surface area (Å²) >= 11 is 13.1. The molecule has 0 aliphatic carbocycles. The van der Waals surface area contributed by atoms with Crippen LogP contribution in [0.15, 0.2) is 18.2 Å². The molecule has 0 bridgehead atoms. The highest BCUT2D eigenvalue weighted by Gasteiger charge is 2.28. The standard InChI is InChI=1S/C12H12Cl2F3NOS/c1-7(11(19)18-6-12(15,16)17)20-5-8-9(13)3-2-4-10(8)14/h2-4,7H,5-6H2,1H3,(H,18,19). The Hall–Kier alpha value is -0.590. The highest BCUT2D eigenvalue weighted by atomic mass is 35.5. The van der Waals surface area contributed by atoms with Crippen LogP contribution < -0.4 is 5.32 Å². The molecule has 1 rings (SSSR count). The monoisotopic (exact) mass is 345 g/mol. The molecule has 0 fully saturated rings. The third kappa shape index (κ3) is 5.81. The van der Waals surface area contributed by atoms with E-state index < -0.39 is 23.9 Å². The maximum Gasteiger partial charge on any atom is 0.405 e. The molecule has 0 saturated heterocycles. The van der Waals surface area contributed by atoms with Crippen molar-refractivity contribution in [2.75, 3.05) is 6.54 Å². The molecule has 0 aliphatic rings. The van der Waals surface area contributed by atoms with Gasteiger partial charge < -0.3 is 5.32 Å². The van der Waals surface area contributed by atoms with Gasteiger partial charge in [0.05, 0.1) is 5.25 Å². The number of thioether (sulfide) groups is 1. The Morgan fingerprint density at radius 1 is 1.35 bits per heavy atom. The third-order valence-corrected chi connectivity index (χ3v) is 4.25. The predicted octanol–water partition coefficient (Wildman–Crippen LogP) is 4.29. The SMILES string of the molecule is CC(SCc1c(Cl)cccc1Cl)C(=O)NCC(F)(F)F. The fourth-order valence-electron chi connectivity index (χ4n) is 1.29. The fourth-order valence-corrected chi connectivity index (χ4v) is 2.94. The summed E-state index contributed by atoms with van der Waals surface area (Å²) < 4.78 is 35.9. The molecule has 0 saturated carbocycles. The highest BCUT2D eigenvalue weighted by molar-refractivity contribution is 7.99. The minimum atomic E-state index is -4.41. The molecule has 2 nitrogen and oxygen atoms in total. The molecule has 0 heterocycles. The molecular formula is C12H12Cl2F3NOS. The van der Waals surface area contributed by atoms with Gasteiger partial charge in [-0.3, -0.25) is 4.79 Å². The van der Waals surface area contributed by atoms with Crippen LogP contribution in [0.25, 0.3) is 0 Å². The lowest BCUT2D eigenvalue weighted by Gasteiger charge is -2.14. The number of hydrogen-bond donors (Lipinski definition) is 1. The summed E-state index contributed by atoms with van der Waals surface area (Å²) in [5.74, 6) is -0.324. The number of halogens is 5. The lowest BCUT2D eigenvalue weighted by Crippen LogP contribution is -2.38. The van der Waals surface area contributed by atoms with Crippen molar-refractivity contribution in [3.63, 3.8) is 0 Å². The van der Waals surface area contributed by atoms with Gasteiger partial charge in [-0.2, -0.15) is 13.2 Å². The zero-order chi connectivity index (χ0) is 15.3. The number of carbonyl (C=O) groups excluding carboxylic acids is 1. The van der Waals surface area contributed by atoms with E-state index in [4.69, 9.17) is 23.2 Å². The van der Waals surface area contributed by atoms with Gasteiger partial charge in [-0.05, 0) is 24.6 Å². The quantitative estimate of drug-likeness (QED) is 0.862. The van der Waals surface area contributed by atoms with Crippen LogP contribution in [0.2, 0.25) is 10.0 Å². The summed E-state index contributed by atoms with van der Waals surface area (Å²) in [4.78, 5) is 11.5. The molecule has 1 aromatic rings. The van der Waals surface area contributed by atoms with Crippen LogP contribution in [-0.4, -0.2) is 23.9 Å². The molecule has 1 atom stereocenters. The van der Waals surface area contributed by atoms with Crippen LogP contribution >= 0.6 is 35.0 Å². The fraction of sp³-hybridized carbons (Fsp3) is 0.417. The first kappa shape index (κ1) is 17.5. The van der Waals surface area contributed by atoms with E-state index in [1.54, 1.807) is 18.2 Å². The Bertz CT molecular complexity index is 462. The normalized spacial score (nSPS) is 13.1. The summed E-state index contributed by atoms with van der Waals surface area (Å²) in [6, 6.07) is 5.02. The second kappa shape index (κ2) is 7.43. The van der Waals surface area contributed by atoms with Crippen LogP contribution in [-0.2, 0) is 10.5 Å². The van der Waals surface area contributed by atoms with Gasteiger partial charge in [-0.25, -0.2) is 0 Å². The van der Waals surface area contributed by atoms with Gasteiger partial charge in [0, 0.05) is 15.8 Å². The van der Waals surface area contributed by atoms with Crippen LogP contribution in [0.4, 0.5) is 13.2 Å². The van der Waals surface area contributed by atoms with Crippen LogP contribution in [0, 0.1) is 0 Å². The van der Waals surface area contributed by atoms with Crippen LogP contribution in [0.5, 0.6) is 0 Å². The van der Waals surface area contributed by atoms with E-state index in [1.165, 1.54) is 18.7 Å². The number of carbonyl (C=O) groups is 1. The Labute approximate surface area is 129 Å². The molecular weight excluding hydrogens is 334 g/mol. The van der Waals surface area contributed by atoms with E-state index in [0.29, 0.717) is 21.4 Å². The Morgan fingerprint density at radius 3 is 2.40 bits per heavy atom.